The summed E-state index contributed by atoms with van der Waals surface area (Å²) in [6.45, 7) is 2.38. The highest BCUT2D eigenvalue weighted by Gasteiger charge is 2.14. The van der Waals surface area contributed by atoms with Crippen LogP contribution in [0.5, 0.6) is 11.5 Å². The monoisotopic (exact) mass is 288 g/mol. The number of carbonyl (C=O) groups is 1. The molecule has 1 aromatic carbocycles. The minimum atomic E-state index is -0.635. The van der Waals surface area contributed by atoms with E-state index in [0.717, 1.165) is 6.42 Å². The number of benzene rings is 1. The Labute approximate surface area is 121 Å². The van der Waals surface area contributed by atoms with Crippen LogP contribution in [0.2, 0.25) is 0 Å². The zero-order valence-corrected chi connectivity index (χ0v) is 11.9. The van der Waals surface area contributed by atoms with Gasteiger partial charge in [0.15, 0.2) is 17.2 Å². The number of aryl methyl sites for hydroxylation is 1. The predicted molar refractivity (Wildman–Crippen MR) is 76.7 cm³/mol. The van der Waals surface area contributed by atoms with Crippen molar-refractivity contribution in [1.29, 1.82) is 0 Å². The average Bonchev–Trinajstić information content (AvgIpc) is 2.50. The van der Waals surface area contributed by atoms with E-state index in [1.807, 2.05) is 6.92 Å². The summed E-state index contributed by atoms with van der Waals surface area (Å²) in [5, 5.41) is 4.00. The molecule has 0 saturated heterocycles. The predicted octanol–water partition coefficient (Wildman–Crippen LogP) is 1.88. The molecule has 0 aliphatic heterocycles. The fourth-order valence-electron chi connectivity index (χ4n) is 1.79. The third-order valence-corrected chi connectivity index (χ3v) is 2.78. The second-order valence-electron chi connectivity index (χ2n) is 4.32. The van der Waals surface area contributed by atoms with E-state index in [-0.39, 0.29) is 11.3 Å². The van der Waals surface area contributed by atoms with Crippen molar-refractivity contribution in [2.24, 2.45) is 0 Å². The van der Waals surface area contributed by atoms with Crippen molar-refractivity contribution in [3.05, 3.63) is 52.4 Å². The lowest BCUT2D eigenvalue weighted by atomic mass is 10.3. The average molecular weight is 288 g/mol. The van der Waals surface area contributed by atoms with E-state index in [1.54, 1.807) is 24.3 Å². The number of carbonyl (C=O) groups excluding carboxylic acids is 1. The minimum Gasteiger partial charge on any atom is -0.493 e. The maximum Gasteiger partial charge on any atom is 0.364 e. The molecule has 0 amide bonds. The van der Waals surface area contributed by atoms with Crippen molar-refractivity contribution in [3.63, 3.8) is 0 Å². The molecule has 0 bridgehead atoms. The van der Waals surface area contributed by atoms with E-state index in [1.165, 1.54) is 23.9 Å². The lowest BCUT2D eigenvalue weighted by molar-refractivity contribution is 0.0720. The number of hydrogen-bond donors (Lipinski definition) is 0. The minimum absolute atomic E-state index is 0.0777. The zero-order valence-electron chi connectivity index (χ0n) is 11.9. The smallest absolute Gasteiger partial charge is 0.364 e. The van der Waals surface area contributed by atoms with Crippen LogP contribution in [-0.4, -0.2) is 22.9 Å². The molecule has 0 aliphatic carbocycles. The van der Waals surface area contributed by atoms with Crippen LogP contribution in [0.1, 0.15) is 23.8 Å². The second-order valence-corrected chi connectivity index (χ2v) is 4.32. The van der Waals surface area contributed by atoms with Crippen molar-refractivity contribution in [3.8, 4) is 11.5 Å². The molecular formula is C15H16N2O4. The first kappa shape index (κ1) is 14.8. The SMILES string of the molecule is CCCn1nc(C(=O)Oc2ccccc2OC)ccc1=O. The zero-order chi connectivity index (χ0) is 15.2. The van der Waals surface area contributed by atoms with E-state index in [0.29, 0.717) is 18.0 Å². The summed E-state index contributed by atoms with van der Waals surface area (Å²) in [6, 6.07) is 9.48. The van der Waals surface area contributed by atoms with Gasteiger partial charge in [0.05, 0.1) is 7.11 Å². The standard InChI is InChI=1S/C15H16N2O4/c1-3-10-17-14(18)9-8-11(16-17)15(19)21-13-7-5-4-6-12(13)20-2/h4-9H,3,10H2,1-2H3. The summed E-state index contributed by atoms with van der Waals surface area (Å²) in [7, 11) is 1.49. The third-order valence-electron chi connectivity index (χ3n) is 2.78. The van der Waals surface area contributed by atoms with Crippen LogP contribution in [-0.2, 0) is 6.54 Å². The number of rotatable bonds is 5. The first-order chi connectivity index (χ1) is 10.2. The molecule has 0 atom stereocenters. The number of nitrogens with zero attached hydrogens (tertiary/aromatic N) is 2. The summed E-state index contributed by atoms with van der Waals surface area (Å²) in [4.78, 5) is 23.7. The number of methoxy groups -OCH3 is 1. The molecule has 21 heavy (non-hydrogen) atoms. The molecule has 0 fully saturated rings. The van der Waals surface area contributed by atoms with E-state index in [2.05, 4.69) is 5.10 Å². The lowest BCUT2D eigenvalue weighted by Gasteiger charge is -2.09. The van der Waals surface area contributed by atoms with Crippen molar-refractivity contribution in [1.82, 2.24) is 9.78 Å². The molecule has 2 aromatic rings. The fourth-order valence-corrected chi connectivity index (χ4v) is 1.79. The summed E-state index contributed by atoms with van der Waals surface area (Å²) >= 11 is 0. The molecule has 1 aromatic heterocycles. The Bertz CT molecular complexity index is 694. The highest BCUT2D eigenvalue weighted by atomic mass is 16.6. The summed E-state index contributed by atoms with van der Waals surface area (Å²) in [5.74, 6) is 0.122. The van der Waals surface area contributed by atoms with Crippen molar-refractivity contribution in [2.75, 3.05) is 7.11 Å². The van der Waals surface area contributed by atoms with Gasteiger partial charge in [0.1, 0.15) is 0 Å². The van der Waals surface area contributed by atoms with Crippen molar-refractivity contribution in [2.45, 2.75) is 19.9 Å². The Hall–Kier alpha value is -2.63. The van der Waals surface area contributed by atoms with Gasteiger partial charge in [-0.05, 0) is 24.6 Å². The van der Waals surface area contributed by atoms with Crippen LogP contribution in [0.25, 0.3) is 0 Å². The maximum atomic E-state index is 12.1. The summed E-state index contributed by atoms with van der Waals surface area (Å²) in [5.41, 5.74) is -0.167. The number of aromatic nitrogens is 2. The van der Waals surface area contributed by atoms with Crippen molar-refractivity contribution < 1.29 is 14.3 Å². The molecule has 1 heterocycles. The van der Waals surface area contributed by atoms with Gasteiger partial charge in [-0.15, -0.1) is 0 Å². The van der Waals surface area contributed by atoms with E-state index < -0.39 is 5.97 Å². The summed E-state index contributed by atoms with van der Waals surface area (Å²) < 4.78 is 11.6. The largest absolute Gasteiger partial charge is 0.493 e. The summed E-state index contributed by atoms with van der Waals surface area (Å²) in [6.07, 6.45) is 0.748. The second kappa shape index (κ2) is 6.69. The van der Waals surface area contributed by atoms with Gasteiger partial charge in [-0.1, -0.05) is 19.1 Å². The van der Waals surface area contributed by atoms with Gasteiger partial charge in [-0.25, -0.2) is 9.48 Å². The van der Waals surface area contributed by atoms with E-state index in [4.69, 9.17) is 9.47 Å². The Balaban J connectivity index is 2.24. The fraction of sp³-hybridized carbons (Fsp3) is 0.267. The Morgan fingerprint density at radius 3 is 2.57 bits per heavy atom. The van der Waals surface area contributed by atoms with Gasteiger partial charge in [0, 0.05) is 12.6 Å². The van der Waals surface area contributed by atoms with E-state index in [9.17, 15) is 9.59 Å². The normalized spacial score (nSPS) is 10.2. The molecule has 2 rings (SSSR count). The highest BCUT2D eigenvalue weighted by molar-refractivity contribution is 5.89. The first-order valence-corrected chi connectivity index (χ1v) is 6.59. The molecular weight excluding hydrogens is 272 g/mol. The van der Waals surface area contributed by atoms with Gasteiger partial charge in [0.25, 0.3) is 5.56 Å². The third kappa shape index (κ3) is 3.47. The number of esters is 1. The Kier molecular flexibility index (Phi) is 4.71. The van der Waals surface area contributed by atoms with Gasteiger partial charge in [-0.2, -0.15) is 5.10 Å². The van der Waals surface area contributed by atoms with Crippen LogP contribution in [0.4, 0.5) is 0 Å². The maximum absolute atomic E-state index is 12.1. The van der Waals surface area contributed by atoms with Crippen LogP contribution < -0.4 is 15.0 Å². The Morgan fingerprint density at radius 2 is 1.90 bits per heavy atom. The van der Waals surface area contributed by atoms with E-state index >= 15 is 0 Å². The molecule has 6 nitrogen and oxygen atoms in total. The van der Waals surface area contributed by atoms with Gasteiger partial charge in [0.2, 0.25) is 0 Å². The molecule has 0 spiro atoms. The number of hydrogen-bond acceptors (Lipinski definition) is 5. The quantitative estimate of drug-likeness (QED) is 0.620. The van der Waals surface area contributed by atoms with Crippen LogP contribution >= 0.6 is 0 Å². The molecule has 0 unspecified atom stereocenters. The number of ether oxygens (including phenoxy) is 2. The van der Waals surface area contributed by atoms with Crippen LogP contribution in [0, 0.1) is 0 Å². The number of para-hydroxylation sites is 2. The molecule has 0 saturated carbocycles. The molecule has 0 N–H and O–H groups in total. The van der Waals surface area contributed by atoms with Gasteiger partial charge in [-0.3, -0.25) is 4.79 Å². The highest BCUT2D eigenvalue weighted by Crippen LogP contribution is 2.26. The molecule has 0 aliphatic rings. The van der Waals surface area contributed by atoms with Crippen LogP contribution in [0.3, 0.4) is 0 Å². The topological polar surface area (TPSA) is 70.4 Å². The molecule has 6 heteroatoms. The van der Waals surface area contributed by atoms with Crippen molar-refractivity contribution >= 4 is 5.97 Å². The van der Waals surface area contributed by atoms with Gasteiger partial charge >= 0.3 is 5.97 Å². The van der Waals surface area contributed by atoms with Crippen LogP contribution in [0.15, 0.2) is 41.2 Å². The molecule has 0 radical (unpaired) electrons. The van der Waals surface area contributed by atoms with Gasteiger partial charge < -0.3 is 9.47 Å². The lowest BCUT2D eigenvalue weighted by Crippen LogP contribution is -2.25. The Morgan fingerprint density at radius 1 is 1.19 bits per heavy atom. The molecule has 110 valence electrons. The first-order valence-electron chi connectivity index (χ1n) is 6.59.